The summed E-state index contributed by atoms with van der Waals surface area (Å²) < 4.78 is 0. The van der Waals surface area contributed by atoms with Gasteiger partial charge in [0.2, 0.25) is 0 Å². The number of thiophene rings is 2. The van der Waals surface area contributed by atoms with Crippen molar-refractivity contribution >= 4 is 40.4 Å². The second-order valence-corrected chi connectivity index (χ2v) is 5.50. The first-order valence-electron chi connectivity index (χ1n) is 4.65. The molecule has 0 N–H and O–H groups in total. The predicted octanol–water partition coefficient (Wildman–Crippen LogP) is 5.12. The third-order valence-electron chi connectivity index (χ3n) is 2.02. The number of allylic oxidation sites excluding steroid dienone is 1. The zero-order valence-electron chi connectivity index (χ0n) is 8.37. The number of hydrogen-bond acceptors (Lipinski definition) is 2. The molecule has 0 saturated heterocycles. The maximum atomic E-state index is 5.75. The molecule has 2 aromatic rings. The van der Waals surface area contributed by atoms with Crippen molar-refractivity contribution < 1.29 is 0 Å². The Morgan fingerprint density at radius 1 is 1.47 bits per heavy atom. The van der Waals surface area contributed by atoms with Gasteiger partial charge in [-0.2, -0.15) is 0 Å². The highest BCUT2D eigenvalue weighted by atomic mass is 35.5. The van der Waals surface area contributed by atoms with Crippen LogP contribution in [-0.2, 0) is 0 Å². The molecule has 0 saturated carbocycles. The van der Waals surface area contributed by atoms with Gasteiger partial charge >= 0.3 is 0 Å². The molecule has 0 unspecified atom stereocenters. The minimum Gasteiger partial charge on any atom is -0.144 e. The number of hydrogen-bond donors (Lipinski definition) is 0. The highest BCUT2D eigenvalue weighted by Gasteiger charge is 2.01. The molecular formula is C12H11ClS2. The van der Waals surface area contributed by atoms with Gasteiger partial charge in [-0.15, -0.1) is 34.3 Å². The molecule has 0 aliphatic rings. The lowest BCUT2D eigenvalue weighted by atomic mass is 10.2. The molecular weight excluding hydrogens is 244 g/mol. The van der Waals surface area contributed by atoms with Gasteiger partial charge in [0.25, 0.3) is 0 Å². The normalized spacial score (nSPS) is 12.0. The number of halogens is 1. The Kier molecular flexibility index (Phi) is 3.62. The van der Waals surface area contributed by atoms with E-state index >= 15 is 0 Å². The maximum absolute atomic E-state index is 5.75. The molecule has 3 heteroatoms. The third kappa shape index (κ3) is 2.71. The first-order chi connectivity index (χ1) is 7.29. The lowest BCUT2D eigenvalue weighted by Crippen LogP contribution is -1.73. The Labute approximate surface area is 103 Å². The van der Waals surface area contributed by atoms with Gasteiger partial charge in [-0.3, -0.25) is 0 Å². The van der Waals surface area contributed by atoms with E-state index in [9.17, 15) is 0 Å². The second kappa shape index (κ2) is 4.97. The van der Waals surface area contributed by atoms with E-state index in [1.54, 1.807) is 22.7 Å². The molecule has 0 nitrogen and oxygen atoms in total. The lowest BCUT2D eigenvalue weighted by Gasteiger charge is -1.90. The number of alkyl halides is 1. The van der Waals surface area contributed by atoms with Crippen LogP contribution < -0.4 is 0 Å². The molecule has 0 aliphatic heterocycles. The molecule has 0 aliphatic carbocycles. The topological polar surface area (TPSA) is 0 Å². The molecule has 0 spiro atoms. The van der Waals surface area contributed by atoms with Crippen molar-refractivity contribution in [1.82, 2.24) is 0 Å². The van der Waals surface area contributed by atoms with Gasteiger partial charge in [0.1, 0.15) is 0 Å². The van der Waals surface area contributed by atoms with Crippen LogP contribution in [0.2, 0.25) is 0 Å². The largest absolute Gasteiger partial charge is 0.144 e. The van der Waals surface area contributed by atoms with Crippen molar-refractivity contribution in [3.8, 4) is 10.4 Å². The van der Waals surface area contributed by atoms with Crippen molar-refractivity contribution in [3.05, 3.63) is 39.4 Å². The number of rotatable bonds is 3. The molecule has 0 atom stereocenters. The van der Waals surface area contributed by atoms with Crippen LogP contribution in [0.3, 0.4) is 0 Å². The molecule has 0 aromatic carbocycles. The van der Waals surface area contributed by atoms with Crippen molar-refractivity contribution in [1.29, 1.82) is 0 Å². The summed E-state index contributed by atoms with van der Waals surface area (Å²) in [5.74, 6) is 0.603. The van der Waals surface area contributed by atoms with Crippen molar-refractivity contribution in [3.63, 3.8) is 0 Å². The van der Waals surface area contributed by atoms with Crippen molar-refractivity contribution in [2.45, 2.75) is 6.92 Å². The summed E-state index contributed by atoms with van der Waals surface area (Å²) in [5.41, 5.74) is 2.51. The summed E-state index contributed by atoms with van der Waals surface area (Å²) in [6.07, 6.45) is 2.15. The van der Waals surface area contributed by atoms with Gasteiger partial charge in [0.05, 0.1) is 0 Å². The van der Waals surface area contributed by atoms with E-state index in [0.29, 0.717) is 5.88 Å². The van der Waals surface area contributed by atoms with Crippen LogP contribution in [0.15, 0.2) is 34.5 Å². The van der Waals surface area contributed by atoms with E-state index in [4.69, 9.17) is 11.6 Å². The molecule has 2 heterocycles. The Hall–Kier alpha value is -0.570. The maximum Gasteiger partial charge on any atom is 0.0434 e. The van der Waals surface area contributed by atoms with Gasteiger partial charge in [0, 0.05) is 21.2 Å². The first kappa shape index (κ1) is 10.9. The van der Waals surface area contributed by atoms with Crippen LogP contribution in [0.1, 0.15) is 11.8 Å². The molecule has 2 aromatic heterocycles. The summed E-state index contributed by atoms with van der Waals surface area (Å²) >= 11 is 9.28. The fourth-order valence-corrected chi connectivity index (χ4v) is 3.07. The van der Waals surface area contributed by atoms with Gasteiger partial charge in [-0.1, -0.05) is 11.6 Å². The van der Waals surface area contributed by atoms with E-state index in [1.807, 2.05) is 0 Å². The van der Waals surface area contributed by atoms with Crippen LogP contribution >= 0.6 is 34.3 Å². The van der Waals surface area contributed by atoms with Gasteiger partial charge in [-0.05, 0) is 35.9 Å². The minimum atomic E-state index is 0.603. The fraction of sp³-hybridized carbons (Fsp3) is 0.167. The lowest BCUT2D eigenvalue weighted by molar-refractivity contribution is 1.44. The Balaban J connectivity index is 2.25. The Morgan fingerprint density at radius 2 is 2.33 bits per heavy atom. The van der Waals surface area contributed by atoms with Crippen LogP contribution in [0, 0.1) is 0 Å². The molecule has 0 radical (unpaired) electrons. The first-order valence-corrected chi connectivity index (χ1v) is 6.94. The van der Waals surface area contributed by atoms with Crippen molar-refractivity contribution in [2.75, 3.05) is 5.88 Å². The SMILES string of the molecule is CC(=Cc1cc(-c2cccs2)cs1)CCl. The standard InChI is InChI=1S/C12H11ClS2/c1-9(7-13)5-11-6-10(8-15-11)12-3-2-4-14-12/h2-6,8H,7H2,1H3. The predicted molar refractivity (Wildman–Crippen MR) is 72.0 cm³/mol. The highest BCUT2D eigenvalue weighted by Crippen LogP contribution is 2.30. The van der Waals surface area contributed by atoms with E-state index in [0.717, 1.165) is 0 Å². The van der Waals surface area contributed by atoms with Crippen LogP contribution in [0.25, 0.3) is 16.5 Å². The fourth-order valence-electron chi connectivity index (χ4n) is 1.28. The Morgan fingerprint density at radius 3 is 3.00 bits per heavy atom. The average molecular weight is 255 g/mol. The van der Waals surface area contributed by atoms with Gasteiger partial charge in [0.15, 0.2) is 0 Å². The molecule has 2 rings (SSSR count). The van der Waals surface area contributed by atoms with E-state index in [1.165, 1.54) is 20.9 Å². The second-order valence-electron chi connectivity index (χ2n) is 3.34. The zero-order valence-corrected chi connectivity index (χ0v) is 10.8. The summed E-state index contributed by atoms with van der Waals surface area (Å²) in [7, 11) is 0. The summed E-state index contributed by atoms with van der Waals surface area (Å²) in [5, 5.41) is 4.30. The van der Waals surface area contributed by atoms with E-state index in [2.05, 4.69) is 42.0 Å². The molecule has 0 fully saturated rings. The Bertz CT molecular complexity index is 452. The smallest absolute Gasteiger partial charge is 0.0434 e. The van der Waals surface area contributed by atoms with Crippen LogP contribution in [0.4, 0.5) is 0 Å². The molecule has 0 amide bonds. The van der Waals surface area contributed by atoms with Gasteiger partial charge < -0.3 is 0 Å². The van der Waals surface area contributed by atoms with E-state index < -0.39 is 0 Å². The average Bonchev–Trinajstić information content (AvgIpc) is 2.85. The quantitative estimate of drug-likeness (QED) is 0.667. The summed E-state index contributed by atoms with van der Waals surface area (Å²) in [4.78, 5) is 2.60. The van der Waals surface area contributed by atoms with Crippen LogP contribution in [0.5, 0.6) is 0 Å². The summed E-state index contributed by atoms with van der Waals surface area (Å²) in [6.45, 7) is 2.05. The molecule has 15 heavy (non-hydrogen) atoms. The van der Waals surface area contributed by atoms with E-state index in [-0.39, 0.29) is 0 Å². The third-order valence-corrected chi connectivity index (χ3v) is 4.25. The van der Waals surface area contributed by atoms with Crippen LogP contribution in [-0.4, -0.2) is 5.88 Å². The van der Waals surface area contributed by atoms with Gasteiger partial charge in [-0.25, -0.2) is 0 Å². The molecule has 78 valence electrons. The zero-order chi connectivity index (χ0) is 10.7. The minimum absolute atomic E-state index is 0.603. The highest BCUT2D eigenvalue weighted by molar-refractivity contribution is 7.15. The monoisotopic (exact) mass is 254 g/mol. The summed E-state index contributed by atoms with van der Waals surface area (Å²) in [6, 6.07) is 6.44. The molecule has 0 bridgehead atoms. The van der Waals surface area contributed by atoms with Crippen molar-refractivity contribution in [2.24, 2.45) is 0 Å².